The molecular formula is C19H28N3O3S+. The van der Waals surface area contributed by atoms with E-state index in [0.29, 0.717) is 37.1 Å². The van der Waals surface area contributed by atoms with Crippen LogP contribution in [-0.4, -0.2) is 56.9 Å². The van der Waals surface area contributed by atoms with Gasteiger partial charge in [0.15, 0.2) is 6.04 Å². The molecular weight excluding hydrogens is 350 g/mol. The fourth-order valence-corrected chi connectivity index (χ4v) is 5.54. The Balaban J connectivity index is 1.39. The van der Waals surface area contributed by atoms with Crippen molar-refractivity contribution in [2.75, 3.05) is 26.2 Å². The van der Waals surface area contributed by atoms with Gasteiger partial charge in [-0.25, -0.2) is 8.42 Å². The van der Waals surface area contributed by atoms with Gasteiger partial charge in [0.05, 0.1) is 31.1 Å². The Morgan fingerprint density at radius 1 is 1.19 bits per heavy atom. The van der Waals surface area contributed by atoms with Crippen molar-refractivity contribution in [2.45, 2.75) is 56.0 Å². The van der Waals surface area contributed by atoms with Gasteiger partial charge < -0.3 is 10.2 Å². The topological polar surface area (TPSA) is 70.9 Å². The highest BCUT2D eigenvalue weighted by atomic mass is 32.2. The van der Waals surface area contributed by atoms with Gasteiger partial charge in [-0.3, -0.25) is 4.79 Å². The third kappa shape index (κ3) is 3.52. The Morgan fingerprint density at radius 2 is 1.88 bits per heavy atom. The summed E-state index contributed by atoms with van der Waals surface area (Å²) >= 11 is 0. The SMILES string of the molecule is C[C@H](C(=O)NC1CC1)[NH+]1CCN(S(=O)(=O)c2ccc3c(c2)CCC3)CC1. The molecule has 0 radical (unpaired) electrons. The van der Waals surface area contributed by atoms with Gasteiger partial charge >= 0.3 is 0 Å². The molecule has 1 atom stereocenters. The average molecular weight is 379 g/mol. The number of carbonyl (C=O) groups is 1. The Hall–Kier alpha value is -1.44. The highest BCUT2D eigenvalue weighted by Crippen LogP contribution is 2.26. The molecule has 3 aliphatic rings. The standard InChI is InChI=1S/C19H27N3O3S/c1-14(19(23)20-17-6-7-17)21-9-11-22(12-10-21)26(24,25)18-8-5-15-3-2-4-16(15)13-18/h5,8,13-14,17H,2-4,6-7,9-12H2,1H3,(H,20,23)/p+1/t14-/m1/s1. The molecule has 2 fully saturated rings. The number of quaternary nitrogens is 1. The first-order valence-corrected chi connectivity index (χ1v) is 11.2. The van der Waals surface area contributed by atoms with Gasteiger partial charge in [0, 0.05) is 6.04 Å². The molecule has 1 saturated heterocycles. The van der Waals surface area contributed by atoms with Crippen LogP contribution in [0.3, 0.4) is 0 Å². The van der Waals surface area contributed by atoms with E-state index in [1.807, 2.05) is 19.1 Å². The largest absolute Gasteiger partial charge is 0.348 e. The van der Waals surface area contributed by atoms with Crippen LogP contribution in [0, 0.1) is 0 Å². The molecule has 1 amide bonds. The van der Waals surface area contributed by atoms with E-state index in [1.54, 1.807) is 10.4 Å². The lowest BCUT2D eigenvalue weighted by Gasteiger charge is -2.34. The number of carbonyl (C=O) groups excluding carboxylic acids is 1. The van der Waals surface area contributed by atoms with Crippen LogP contribution in [0.5, 0.6) is 0 Å². The molecule has 26 heavy (non-hydrogen) atoms. The zero-order valence-corrected chi connectivity index (χ0v) is 16.1. The van der Waals surface area contributed by atoms with Gasteiger partial charge in [0.25, 0.3) is 5.91 Å². The van der Waals surface area contributed by atoms with Gasteiger partial charge in [0.2, 0.25) is 10.0 Å². The molecule has 1 aromatic carbocycles. The molecule has 0 spiro atoms. The second-order valence-corrected chi connectivity index (χ2v) is 9.79. The van der Waals surface area contributed by atoms with Crippen molar-refractivity contribution in [3.63, 3.8) is 0 Å². The number of nitrogens with one attached hydrogen (secondary N) is 2. The van der Waals surface area contributed by atoms with Crippen molar-refractivity contribution in [2.24, 2.45) is 0 Å². The summed E-state index contributed by atoms with van der Waals surface area (Å²) in [6, 6.07) is 5.83. The highest BCUT2D eigenvalue weighted by molar-refractivity contribution is 7.89. The molecule has 2 aliphatic carbocycles. The first-order chi connectivity index (χ1) is 12.4. The van der Waals surface area contributed by atoms with Gasteiger partial charge in [-0.15, -0.1) is 0 Å². The van der Waals surface area contributed by atoms with Gasteiger partial charge in [0.1, 0.15) is 0 Å². The summed E-state index contributed by atoms with van der Waals surface area (Å²) in [6.07, 6.45) is 5.31. The molecule has 4 rings (SSSR count). The summed E-state index contributed by atoms with van der Waals surface area (Å²) in [5.41, 5.74) is 2.47. The third-order valence-corrected chi connectivity index (χ3v) is 7.90. The number of aryl methyl sites for hydroxylation is 2. The van der Waals surface area contributed by atoms with E-state index in [1.165, 1.54) is 16.0 Å². The minimum Gasteiger partial charge on any atom is -0.348 e. The number of sulfonamides is 1. The second-order valence-electron chi connectivity index (χ2n) is 7.85. The zero-order chi connectivity index (χ0) is 18.3. The van der Waals surface area contributed by atoms with E-state index in [9.17, 15) is 13.2 Å². The van der Waals surface area contributed by atoms with Crippen LogP contribution in [0.15, 0.2) is 23.1 Å². The lowest BCUT2D eigenvalue weighted by atomic mass is 10.1. The van der Waals surface area contributed by atoms with Crippen LogP contribution >= 0.6 is 0 Å². The maximum Gasteiger partial charge on any atom is 0.278 e. The van der Waals surface area contributed by atoms with Crippen molar-refractivity contribution in [1.82, 2.24) is 9.62 Å². The molecule has 1 aromatic rings. The molecule has 2 N–H and O–H groups in total. The number of hydrogen-bond acceptors (Lipinski definition) is 3. The lowest BCUT2D eigenvalue weighted by molar-refractivity contribution is -0.917. The Labute approximate surface area is 155 Å². The number of hydrogen-bond donors (Lipinski definition) is 2. The number of nitrogens with zero attached hydrogens (tertiary/aromatic N) is 1. The van der Waals surface area contributed by atoms with Crippen LogP contribution in [0.1, 0.15) is 37.3 Å². The predicted molar refractivity (Wildman–Crippen MR) is 98.5 cm³/mol. The molecule has 0 bridgehead atoms. The summed E-state index contributed by atoms with van der Waals surface area (Å²) < 4.78 is 27.6. The van der Waals surface area contributed by atoms with Gasteiger partial charge in [-0.2, -0.15) is 4.31 Å². The van der Waals surface area contributed by atoms with E-state index in [4.69, 9.17) is 0 Å². The van der Waals surface area contributed by atoms with Crippen molar-refractivity contribution in [3.8, 4) is 0 Å². The molecule has 0 unspecified atom stereocenters. The van der Waals surface area contributed by atoms with Crippen LogP contribution < -0.4 is 10.2 Å². The molecule has 6 nitrogen and oxygen atoms in total. The van der Waals surface area contributed by atoms with Gasteiger partial charge in [-0.1, -0.05) is 6.07 Å². The number of benzene rings is 1. The highest BCUT2D eigenvalue weighted by Gasteiger charge is 2.36. The van der Waals surface area contributed by atoms with E-state index >= 15 is 0 Å². The maximum absolute atomic E-state index is 13.0. The molecule has 142 valence electrons. The van der Waals surface area contributed by atoms with Crippen molar-refractivity contribution < 1.29 is 18.1 Å². The Kier molecular flexibility index (Phi) is 4.79. The predicted octanol–water partition coefficient (Wildman–Crippen LogP) is -0.268. The molecule has 1 saturated carbocycles. The molecule has 7 heteroatoms. The first-order valence-electron chi connectivity index (χ1n) is 9.72. The number of rotatable bonds is 5. The maximum atomic E-state index is 13.0. The summed E-state index contributed by atoms with van der Waals surface area (Å²) in [6.45, 7) is 4.22. The number of fused-ring (bicyclic) bond motifs is 1. The minimum atomic E-state index is -3.44. The monoisotopic (exact) mass is 378 g/mol. The van der Waals surface area contributed by atoms with Crippen LogP contribution in [0.2, 0.25) is 0 Å². The zero-order valence-electron chi connectivity index (χ0n) is 15.3. The van der Waals surface area contributed by atoms with Crippen molar-refractivity contribution in [3.05, 3.63) is 29.3 Å². The van der Waals surface area contributed by atoms with Crippen molar-refractivity contribution >= 4 is 15.9 Å². The average Bonchev–Trinajstić information content (AvgIpc) is 3.33. The van der Waals surface area contributed by atoms with Crippen LogP contribution in [-0.2, 0) is 27.7 Å². The second kappa shape index (κ2) is 6.94. The first kappa shape index (κ1) is 17.9. The fourth-order valence-electron chi connectivity index (χ4n) is 4.04. The van der Waals surface area contributed by atoms with E-state index < -0.39 is 10.0 Å². The summed E-state index contributed by atoms with van der Waals surface area (Å²) in [7, 11) is -3.44. The minimum absolute atomic E-state index is 0.0948. The summed E-state index contributed by atoms with van der Waals surface area (Å²) in [4.78, 5) is 13.8. The van der Waals surface area contributed by atoms with Crippen LogP contribution in [0.25, 0.3) is 0 Å². The summed E-state index contributed by atoms with van der Waals surface area (Å²) in [5.74, 6) is 0.0948. The normalized spacial score (nSPS) is 22.8. The van der Waals surface area contributed by atoms with Crippen molar-refractivity contribution in [1.29, 1.82) is 0 Å². The van der Waals surface area contributed by atoms with E-state index in [2.05, 4.69) is 5.32 Å². The Morgan fingerprint density at radius 3 is 2.58 bits per heavy atom. The lowest BCUT2D eigenvalue weighted by Crippen LogP contribution is -3.19. The fraction of sp³-hybridized carbons (Fsp3) is 0.632. The quantitative estimate of drug-likeness (QED) is 0.741. The molecule has 1 aliphatic heterocycles. The number of amides is 1. The molecule has 0 aromatic heterocycles. The van der Waals surface area contributed by atoms with Gasteiger partial charge in [-0.05, 0) is 62.3 Å². The summed E-state index contributed by atoms with van der Waals surface area (Å²) in [5, 5.41) is 3.05. The Bertz CT molecular complexity index is 796. The number of piperazine rings is 1. The smallest absolute Gasteiger partial charge is 0.278 e. The third-order valence-electron chi connectivity index (χ3n) is 6.00. The van der Waals surface area contributed by atoms with E-state index in [-0.39, 0.29) is 11.9 Å². The van der Waals surface area contributed by atoms with Crippen LogP contribution in [0.4, 0.5) is 0 Å². The molecule has 1 heterocycles. The van der Waals surface area contributed by atoms with E-state index in [0.717, 1.165) is 32.1 Å².